The zero-order valence-corrected chi connectivity index (χ0v) is 10.2. The number of alkyl halides is 2. The van der Waals surface area contributed by atoms with Crippen LogP contribution in [0.2, 0.25) is 0 Å². The molecule has 0 aliphatic rings. The molecule has 0 heterocycles. The molecule has 6 heteroatoms. The number of esters is 1. The van der Waals surface area contributed by atoms with E-state index in [0.29, 0.717) is 6.29 Å². The summed E-state index contributed by atoms with van der Waals surface area (Å²) in [5.41, 5.74) is -0.559. The number of ether oxygens (including phenoxy) is 1. The third-order valence-corrected chi connectivity index (χ3v) is 2.42. The Kier molecular flexibility index (Phi) is 5.12. The van der Waals surface area contributed by atoms with Crippen molar-refractivity contribution in [1.82, 2.24) is 0 Å². The van der Waals surface area contributed by atoms with Gasteiger partial charge in [0, 0.05) is 11.1 Å². The third kappa shape index (κ3) is 3.58. The van der Waals surface area contributed by atoms with E-state index >= 15 is 0 Å². The molecular weight excluding hydrogens is 256 g/mol. The van der Waals surface area contributed by atoms with E-state index in [2.05, 4.69) is 0 Å². The Morgan fingerprint density at radius 2 is 2.21 bits per heavy atom. The Labute approximate surface area is 108 Å². The molecule has 100 valence electrons. The van der Waals surface area contributed by atoms with Crippen LogP contribution in [-0.2, 0) is 16.0 Å². The van der Waals surface area contributed by atoms with Crippen molar-refractivity contribution >= 4 is 12.3 Å². The van der Waals surface area contributed by atoms with Gasteiger partial charge in [0.2, 0.25) is 0 Å². The minimum atomic E-state index is -2.78. The first-order valence-electron chi connectivity index (χ1n) is 5.49. The van der Waals surface area contributed by atoms with Gasteiger partial charge in [-0.15, -0.1) is 0 Å². The predicted molar refractivity (Wildman–Crippen MR) is 61.8 cm³/mol. The van der Waals surface area contributed by atoms with Gasteiger partial charge in [0.05, 0.1) is 24.7 Å². The highest BCUT2D eigenvalue weighted by Gasteiger charge is 2.17. The van der Waals surface area contributed by atoms with E-state index in [-0.39, 0.29) is 29.7 Å². The van der Waals surface area contributed by atoms with Crippen LogP contribution in [-0.4, -0.2) is 18.9 Å². The van der Waals surface area contributed by atoms with E-state index in [1.54, 1.807) is 13.0 Å². The second kappa shape index (κ2) is 6.59. The van der Waals surface area contributed by atoms with Gasteiger partial charge in [-0.3, -0.25) is 9.59 Å². The van der Waals surface area contributed by atoms with Crippen LogP contribution in [0, 0.1) is 11.3 Å². The van der Waals surface area contributed by atoms with Crippen molar-refractivity contribution in [2.45, 2.75) is 19.8 Å². The monoisotopic (exact) mass is 267 g/mol. The van der Waals surface area contributed by atoms with Crippen molar-refractivity contribution in [1.29, 1.82) is 5.26 Å². The van der Waals surface area contributed by atoms with E-state index < -0.39 is 18.0 Å². The number of benzene rings is 1. The first-order valence-corrected chi connectivity index (χ1v) is 5.49. The molecular formula is C13H11F2NO3. The molecule has 1 aromatic carbocycles. The van der Waals surface area contributed by atoms with Gasteiger partial charge in [-0.25, -0.2) is 8.78 Å². The van der Waals surface area contributed by atoms with E-state index in [4.69, 9.17) is 10.00 Å². The lowest BCUT2D eigenvalue weighted by atomic mass is 9.97. The minimum Gasteiger partial charge on any atom is -0.466 e. The fourth-order valence-corrected chi connectivity index (χ4v) is 1.61. The molecule has 0 aliphatic carbocycles. The SMILES string of the molecule is CCOC(=O)Cc1cc(C(F)F)cc(C#N)c1C=O. The number of carbonyl (C=O) groups excluding carboxylic acids is 2. The molecule has 0 fully saturated rings. The van der Waals surface area contributed by atoms with Crippen LogP contribution in [0.1, 0.15) is 40.4 Å². The van der Waals surface area contributed by atoms with Gasteiger partial charge in [0.25, 0.3) is 6.43 Å². The lowest BCUT2D eigenvalue weighted by molar-refractivity contribution is -0.142. The fraction of sp³-hybridized carbons (Fsp3) is 0.308. The summed E-state index contributed by atoms with van der Waals surface area (Å²) in [7, 11) is 0. The summed E-state index contributed by atoms with van der Waals surface area (Å²) in [5.74, 6) is -0.638. The first-order chi connectivity index (χ1) is 9.03. The highest BCUT2D eigenvalue weighted by atomic mass is 19.3. The molecule has 4 nitrogen and oxygen atoms in total. The molecule has 0 saturated heterocycles. The van der Waals surface area contributed by atoms with Crippen molar-refractivity contribution in [3.8, 4) is 6.07 Å². The molecule has 1 aromatic rings. The molecule has 0 saturated carbocycles. The summed E-state index contributed by atoms with van der Waals surface area (Å²) in [6.45, 7) is 1.75. The average Bonchev–Trinajstić information content (AvgIpc) is 2.37. The molecule has 0 unspecified atom stereocenters. The smallest absolute Gasteiger partial charge is 0.310 e. The zero-order chi connectivity index (χ0) is 14.4. The lowest BCUT2D eigenvalue weighted by Gasteiger charge is -2.09. The molecule has 0 aromatic heterocycles. The van der Waals surface area contributed by atoms with Crippen molar-refractivity contribution in [2.24, 2.45) is 0 Å². The van der Waals surface area contributed by atoms with E-state index in [1.807, 2.05) is 0 Å². The van der Waals surface area contributed by atoms with Gasteiger partial charge < -0.3 is 4.74 Å². The number of aldehydes is 1. The van der Waals surface area contributed by atoms with Gasteiger partial charge in [0.15, 0.2) is 6.29 Å². The van der Waals surface area contributed by atoms with Crippen molar-refractivity contribution < 1.29 is 23.1 Å². The molecule has 1 rings (SSSR count). The maximum atomic E-state index is 12.7. The highest BCUT2D eigenvalue weighted by molar-refractivity contribution is 5.85. The predicted octanol–water partition coefficient (Wildman–Crippen LogP) is 2.41. The number of hydrogen-bond donors (Lipinski definition) is 0. The minimum absolute atomic E-state index is 0.0556. The first kappa shape index (κ1) is 14.8. The molecule has 19 heavy (non-hydrogen) atoms. The summed E-state index contributed by atoms with van der Waals surface area (Å²) in [6, 6.07) is 3.67. The van der Waals surface area contributed by atoms with Crippen LogP contribution < -0.4 is 0 Å². The lowest BCUT2D eigenvalue weighted by Crippen LogP contribution is -2.10. The van der Waals surface area contributed by atoms with E-state index in [9.17, 15) is 18.4 Å². The maximum Gasteiger partial charge on any atom is 0.310 e. The largest absolute Gasteiger partial charge is 0.466 e. The number of carbonyl (C=O) groups is 2. The molecule has 0 aliphatic heterocycles. The summed E-state index contributed by atoms with van der Waals surface area (Å²) >= 11 is 0. The second-order valence-electron chi connectivity index (χ2n) is 3.65. The van der Waals surface area contributed by atoms with Gasteiger partial charge in [-0.1, -0.05) is 0 Å². The molecule has 0 N–H and O–H groups in total. The Bertz CT molecular complexity index is 535. The molecule has 0 amide bonds. The van der Waals surface area contributed by atoms with Gasteiger partial charge in [0.1, 0.15) is 0 Å². The Balaban J connectivity index is 3.26. The number of nitrogens with zero attached hydrogens (tertiary/aromatic N) is 1. The van der Waals surface area contributed by atoms with Crippen LogP contribution in [0.3, 0.4) is 0 Å². The summed E-state index contributed by atoms with van der Waals surface area (Å²) in [6.07, 6.45) is -2.73. The normalized spacial score (nSPS) is 10.1. The molecule has 0 spiro atoms. The van der Waals surface area contributed by atoms with Gasteiger partial charge >= 0.3 is 5.97 Å². The zero-order valence-electron chi connectivity index (χ0n) is 10.2. The van der Waals surface area contributed by atoms with Crippen LogP contribution in [0.4, 0.5) is 8.78 Å². The van der Waals surface area contributed by atoms with Crippen molar-refractivity contribution in [2.75, 3.05) is 6.61 Å². The Morgan fingerprint density at radius 3 is 2.68 bits per heavy atom. The van der Waals surface area contributed by atoms with Crippen LogP contribution in [0.5, 0.6) is 0 Å². The molecule has 0 atom stereocenters. The van der Waals surface area contributed by atoms with Crippen LogP contribution in [0.25, 0.3) is 0 Å². The Hall–Kier alpha value is -2.29. The number of nitriles is 1. The number of hydrogen-bond acceptors (Lipinski definition) is 4. The van der Waals surface area contributed by atoms with Crippen molar-refractivity contribution in [3.05, 3.63) is 34.4 Å². The Morgan fingerprint density at radius 1 is 1.53 bits per heavy atom. The van der Waals surface area contributed by atoms with Crippen LogP contribution in [0.15, 0.2) is 12.1 Å². The molecule has 0 radical (unpaired) electrons. The van der Waals surface area contributed by atoms with Crippen LogP contribution >= 0.6 is 0 Å². The topological polar surface area (TPSA) is 67.2 Å². The van der Waals surface area contributed by atoms with Gasteiger partial charge in [-0.2, -0.15) is 5.26 Å². The number of halogens is 2. The van der Waals surface area contributed by atoms with Crippen molar-refractivity contribution in [3.63, 3.8) is 0 Å². The van der Waals surface area contributed by atoms with Gasteiger partial charge in [-0.05, 0) is 24.6 Å². The third-order valence-electron chi connectivity index (χ3n) is 2.42. The standard InChI is InChI=1S/C13H11F2NO3/c1-2-19-12(18)5-8-3-9(13(14)15)4-10(6-16)11(8)7-17/h3-4,7,13H,2,5H2,1H3. The molecule has 0 bridgehead atoms. The fourth-order valence-electron chi connectivity index (χ4n) is 1.61. The van der Waals surface area contributed by atoms with E-state index in [1.165, 1.54) is 0 Å². The highest BCUT2D eigenvalue weighted by Crippen LogP contribution is 2.24. The summed E-state index contributed by atoms with van der Waals surface area (Å²) in [4.78, 5) is 22.3. The average molecular weight is 267 g/mol. The maximum absolute atomic E-state index is 12.7. The second-order valence-corrected chi connectivity index (χ2v) is 3.65. The number of rotatable bonds is 5. The van der Waals surface area contributed by atoms with E-state index in [0.717, 1.165) is 12.1 Å². The quantitative estimate of drug-likeness (QED) is 0.607. The summed E-state index contributed by atoms with van der Waals surface area (Å²) in [5, 5.41) is 8.85. The summed E-state index contributed by atoms with van der Waals surface area (Å²) < 4.78 is 30.0.